The Bertz CT molecular complexity index is 1250. The molecule has 0 aliphatic heterocycles. The second-order valence-corrected chi connectivity index (χ2v) is 7.81. The van der Waals surface area contributed by atoms with Gasteiger partial charge in [0.25, 0.3) is 0 Å². The number of furan rings is 1. The Morgan fingerprint density at radius 3 is 2.48 bits per heavy atom. The fourth-order valence-corrected chi connectivity index (χ4v) is 4.72. The van der Waals surface area contributed by atoms with Crippen molar-refractivity contribution in [1.82, 2.24) is 15.0 Å². The van der Waals surface area contributed by atoms with Crippen LogP contribution in [0.5, 0.6) is 0 Å². The minimum atomic E-state index is -1.45. The lowest BCUT2D eigenvalue weighted by molar-refractivity contribution is 0.0336. The maximum absolute atomic E-state index is 12.2. The summed E-state index contributed by atoms with van der Waals surface area (Å²) < 4.78 is 7.93. The zero-order valence-electron chi connectivity index (χ0n) is 15.8. The van der Waals surface area contributed by atoms with Crippen LogP contribution in [0.3, 0.4) is 0 Å². The molecule has 2 atom stereocenters. The molecule has 0 fully saturated rings. The van der Waals surface area contributed by atoms with Crippen LogP contribution in [-0.2, 0) is 5.60 Å². The molecule has 2 aromatic heterocycles. The molecule has 0 aliphatic rings. The molecule has 1 N–H and O–H groups in total. The summed E-state index contributed by atoms with van der Waals surface area (Å²) in [6, 6.07) is 27.0. The quantitative estimate of drug-likeness (QED) is 0.450. The molecule has 6 heteroatoms. The maximum atomic E-state index is 12.2. The normalized spacial score (nSPS) is 14.8. The summed E-state index contributed by atoms with van der Waals surface area (Å²) in [5, 5.41) is 21.4. The maximum Gasteiger partial charge on any atom is 0.179 e. The molecule has 5 aromatic rings. The van der Waals surface area contributed by atoms with Crippen LogP contribution in [0.1, 0.15) is 16.7 Å². The van der Waals surface area contributed by atoms with E-state index >= 15 is 0 Å². The third-order valence-electron chi connectivity index (χ3n) is 5.20. The lowest BCUT2D eigenvalue weighted by Crippen LogP contribution is -2.36. The van der Waals surface area contributed by atoms with Gasteiger partial charge >= 0.3 is 0 Å². The minimum absolute atomic E-state index is 0.476. The number of para-hydroxylation sites is 2. The third-order valence-corrected chi connectivity index (χ3v) is 6.18. The zero-order valence-corrected chi connectivity index (χ0v) is 16.6. The van der Waals surface area contributed by atoms with E-state index in [1.165, 1.54) is 11.8 Å². The summed E-state index contributed by atoms with van der Waals surface area (Å²) in [6.07, 6.45) is 1.96. The van der Waals surface area contributed by atoms with Gasteiger partial charge in [-0.1, -0.05) is 65.9 Å². The van der Waals surface area contributed by atoms with Crippen molar-refractivity contribution < 1.29 is 9.52 Å². The van der Waals surface area contributed by atoms with E-state index in [2.05, 4.69) is 10.3 Å². The van der Waals surface area contributed by atoms with Crippen LogP contribution in [0.2, 0.25) is 0 Å². The number of rotatable bonds is 5. The first-order valence-electron chi connectivity index (χ1n) is 9.31. The topological polar surface area (TPSA) is 64.1 Å². The molecule has 0 aliphatic carbocycles. The summed E-state index contributed by atoms with van der Waals surface area (Å²) in [7, 11) is 0. The first-order chi connectivity index (χ1) is 14.2. The van der Waals surface area contributed by atoms with Gasteiger partial charge in [0.05, 0.1) is 5.52 Å². The predicted molar refractivity (Wildman–Crippen MR) is 116 cm³/mol. The van der Waals surface area contributed by atoms with Crippen molar-refractivity contribution in [3.05, 3.63) is 96.3 Å². The Labute approximate surface area is 172 Å². The molecule has 144 valence electrons. The molecule has 5 nitrogen and oxygen atoms in total. The second-order valence-electron chi connectivity index (χ2n) is 6.89. The number of hydrogen-bond donors (Lipinski definition) is 1. The van der Waals surface area contributed by atoms with Crippen LogP contribution in [0.25, 0.3) is 22.0 Å². The van der Waals surface area contributed by atoms with Crippen molar-refractivity contribution in [2.24, 2.45) is 0 Å². The highest BCUT2D eigenvalue weighted by molar-refractivity contribution is 7.98. The van der Waals surface area contributed by atoms with Crippen molar-refractivity contribution in [3.8, 4) is 0 Å². The molecule has 0 saturated carbocycles. The van der Waals surface area contributed by atoms with Crippen LogP contribution in [0.4, 0.5) is 0 Å². The molecule has 0 radical (unpaired) electrons. The molecule has 5 rings (SSSR count). The summed E-state index contributed by atoms with van der Waals surface area (Å²) >= 11 is 1.50. The number of fused-ring (bicyclic) bond motifs is 2. The van der Waals surface area contributed by atoms with Crippen molar-refractivity contribution in [2.45, 2.75) is 11.0 Å². The lowest BCUT2D eigenvalue weighted by atomic mass is 9.90. The van der Waals surface area contributed by atoms with Crippen molar-refractivity contribution in [2.75, 3.05) is 6.26 Å². The van der Waals surface area contributed by atoms with Crippen molar-refractivity contribution in [3.63, 3.8) is 0 Å². The van der Waals surface area contributed by atoms with Gasteiger partial charge in [-0.05, 0) is 36.1 Å². The molecule has 2 unspecified atom stereocenters. The molecule has 0 bridgehead atoms. The Kier molecular flexibility index (Phi) is 4.38. The number of nitrogens with zero attached hydrogens (tertiary/aromatic N) is 3. The van der Waals surface area contributed by atoms with Gasteiger partial charge in [0, 0.05) is 5.39 Å². The molecular weight excluding hydrogens is 382 g/mol. The summed E-state index contributed by atoms with van der Waals surface area (Å²) in [4.78, 5) is 0. The second kappa shape index (κ2) is 7.06. The first-order valence-corrected chi connectivity index (χ1v) is 10.6. The number of thioether (sulfide) groups is 1. The highest BCUT2D eigenvalue weighted by Crippen LogP contribution is 2.46. The van der Waals surface area contributed by atoms with E-state index in [1.54, 1.807) is 4.68 Å². The molecule has 2 heterocycles. The lowest BCUT2D eigenvalue weighted by Gasteiger charge is -2.34. The summed E-state index contributed by atoms with van der Waals surface area (Å²) in [6.45, 7) is 0. The Hall–Kier alpha value is -3.09. The van der Waals surface area contributed by atoms with Crippen molar-refractivity contribution in [1.29, 1.82) is 0 Å². The molecular formula is C23H19N3O2S. The molecule has 0 spiro atoms. The number of aromatic nitrogens is 3. The average Bonchev–Trinajstić information content (AvgIpc) is 3.40. The van der Waals surface area contributed by atoms with Crippen LogP contribution in [0, 0.1) is 0 Å². The van der Waals surface area contributed by atoms with E-state index in [4.69, 9.17) is 4.42 Å². The van der Waals surface area contributed by atoms with Gasteiger partial charge in [-0.3, -0.25) is 0 Å². The highest BCUT2D eigenvalue weighted by Gasteiger charge is 2.45. The Balaban J connectivity index is 1.77. The van der Waals surface area contributed by atoms with E-state index in [-0.39, 0.29) is 0 Å². The number of hydrogen-bond acceptors (Lipinski definition) is 5. The fraction of sp³-hybridized carbons (Fsp3) is 0.130. The smallest absolute Gasteiger partial charge is 0.179 e. The molecule has 29 heavy (non-hydrogen) atoms. The molecule has 0 amide bonds. The number of aliphatic hydroxyl groups is 1. The van der Waals surface area contributed by atoms with E-state index in [9.17, 15) is 5.11 Å². The standard InChI is InChI=1S/C23H19N3O2S/c1-29-22(26-19-13-7-6-12-18(19)24-25-26)23(27,17-10-3-2-4-11-17)21-15-16-9-5-8-14-20(16)28-21/h2-15,22,27H,1H3. The van der Waals surface area contributed by atoms with Crippen molar-refractivity contribution >= 4 is 33.8 Å². The third kappa shape index (κ3) is 2.84. The first kappa shape index (κ1) is 18.0. The van der Waals surface area contributed by atoms with Gasteiger partial charge in [-0.2, -0.15) is 0 Å². The van der Waals surface area contributed by atoms with Gasteiger partial charge in [0.15, 0.2) is 5.60 Å². The van der Waals surface area contributed by atoms with Crippen LogP contribution in [0.15, 0.2) is 89.3 Å². The van der Waals surface area contributed by atoms with Gasteiger partial charge in [0.2, 0.25) is 0 Å². The minimum Gasteiger partial charge on any atom is -0.457 e. The van der Waals surface area contributed by atoms with Crippen LogP contribution < -0.4 is 0 Å². The van der Waals surface area contributed by atoms with E-state index < -0.39 is 11.0 Å². The average molecular weight is 401 g/mol. The number of benzene rings is 3. The van der Waals surface area contributed by atoms with Gasteiger partial charge in [-0.15, -0.1) is 16.9 Å². The monoisotopic (exact) mass is 401 g/mol. The van der Waals surface area contributed by atoms with Gasteiger partial charge < -0.3 is 9.52 Å². The Morgan fingerprint density at radius 2 is 1.69 bits per heavy atom. The van der Waals surface area contributed by atoms with E-state index in [0.717, 1.165) is 27.6 Å². The van der Waals surface area contributed by atoms with Gasteiger partial charge in [0.1, 0.15) is 22.2 Å². The molecule has 0 saturated heterocycles. The predicted octanol–water partition coefficient (Wildman–Crippen LogP) is 4.98. The zero-order chi connectivity index (χ0) is 19.8. The highest BCUT2D eigenvalue weighted by atomic mass is 32.2. The van der Waals surface area contributed by atoms with E-state index in [0.29, 0.717) is 5.76 Å². The Morgan fingerprint density at radius 1 is 0.966 bits per heavy atom. The van der Waals surface area contributed by atoms with Gasteiger partial charge in [-0.25, -0.2) is 4.68 Å². The van der Waals surface area contributed by atoms with E-state index in [1.807, 2.05) is 91.2 Å². The summed E-state index contributed by atoms with van der Waals surface area (Å²) in [5.41, 5.74) is 1.66. The van der Waals surface area contributed by atoms with Crippen LogP contribution >= 0.6 is 11.8 Å². The van der Waals surface area contributed by atoms with Crippen LogP contribution in [-0.4, -0.2) is 26.4 Å². The fourth-order valence-electron chi connectivity index (χ4n) is 3.78. The molecule has 3 aromatic carbocycles. The SMILES string of the molecule is CSC(n1nnc2ccccc21)C(O)(c1ccccc1)c1cc2ccccc2o1. The summed E-state index contributed by atoms with van der Waals surface area (Å²) in [5.74, 6) is 0.476. The largest absolute Gasteiger partial charge is 0.457 e.